The number of nitrogen functional groups attached to an aromatic ring is 1. The van der Waals surface area contributed by atoms with Crippen molar-refractivity contribution in [3.63, 3.8) is 0 Å². The Bertz CT molecular complexity index is 679. The number of nitrogens with zero attached hydrogens (tertiary/aromatic N) is 3. The van der Waals surface area contributed by atoms with Crippen molar-refractivity contribution in [3.8, 4) is 6.01 Å². The van der Waals surface area contributed by atoms with Crippen LogP contribution in [0.4, 0.5) is 5.69 Å². The number of imidazole rings is 1. The summed E-state index contributed by atoms with van der Waals surface area (Å²) >= 11 is 0. The Hall–Kier alpha value is -2.63. The topological polar surface area (TPSA) is 89.7 Å². The first-order valence-corrected chi connectivity index (χ1v) is 5.45. The van der Waals surface area contributed by atoms with Crippen LogP contribution in [0.15, 0.2) is 36.8 Å². The Morgan fingerprint density at radius 1 is 1.22 bits per heavy atom. The molecule has 0 radical (unpaired) electrons. The van der Waals surface area contributed by atoms with E-state index in [4.69, 9.17) is 10.5 Å². The normalized spacial score (nSPS) is 10.7. The van der Waals surface area contributed by atoms with Gasteiger partial charge in [0.25, 0.3) is 0 Å². The third-order valence-electron chi connectivity index (χ3n) is 2.56. The molecule has 2 aromatic heterocycles. The molecular formula is C12H11N5O. The second-order valence-corrected chi connectivity index (χ2v) is 3.78. The van der Waals surface area contributed by atoms with Gasteiger partial charge in [-0.25, -0.2) is 9.97 Å². The molecule has 6 nitrogen and oxygen atoms in total. The molecule has 0 aliphatic rings. The average molecular weight is 241 g/mol. The highest BCUT2D eigenvalue weighted by Gasteiger charge is 2.04. The van der Waals surface area contributed by atoms with Gasteiger partial charge in [0.15, 0.2) is 5.65 Å². The molecule has 0 unspecified atom stereocenters. The number of H-pyrrole nitrogens is 1. The molecule has 0 bridgehead atoms. The predicted octanol–water partition coefficient (Wildman–Crippen LogP) is 1.51. The van der Waals surface area contributed by atoms with Crippen LogP contribution in [-0.2, 0) is 6.61 Å². The minimum absolute atomic E-state index is 0.301. The van der Waals surface area contributed by atoms with Gasteiger partial charge < -0.3 is 15.5 Å². The van der Waals surface area contributed by atoms with Gasteiger partial charge in [-0.1, -0.05) is 18.2 Å². The number of nitrogens with one attached hydrogen (secondary N) is 1. The largest absolute Gasteiger partial charge is 0.458 e. The summed E-state index contributed by atoms with van der Waals surface area (Å²) in [5, 5.41) is 0. The summed E-state index contributed by atoms with van der Waals surface area (Å²) in [7, 11) is 0. The number of ether oxygens (including phenoxy) is 1. The van der Waals surface area contributed by atoms with E-state index >= 15 is 0 Å². The van der Waals surface area contributed by atoms with Crippen molar-refractivity contribution in [3.05, 3.63) is 42.4 Å². The number of benzene rings is 1. The van der Waals surface area contributed by atoms with Gasteiger partial charge >= 0.3 is 6.01 Å². The molecule has 0 aliphatic carbocycles. The smallest absolute Gasteiger partial charge is 0.318 e. The molecule has 0 saturated carbocycles. The van der Waals surface area contributed by atoms with E-state index in [1.54, 1.807) is 12.5 Å². The maximum absolute atomic E-state index is 5.82. The molecular weight excluding hydrogens is 230 g/mol. The van der Waals surface area contributed by atoms with E-state index in [1.807, 2.05) is 24.3 Å². The molecule has 18 heavy (non-hydrogen) atoms. The van der Waals surface area contributed by atoms with E-state index in [0.29, 0.717) is 29.5 Å². The quantitative estimate of drug-likeness (QED) is 0.678. The van der Waals surface area contributed by atoms with Crippen molar-refractivity contribution in [2.24, 2.45) is 0 Å². The zero-order chi connectivity index (χ0) is 12.4. The van der Waals surface area contributed by atoms with Gasteiger partial charge in [-0.2, -0.15) is 4.98 Å². The summed E-state index contributed by atoms with van der Waals surface area (Å²) in [6.07, 6.45) is 3.18. The van der Waals surface area contributed by atoms with Crippen LogP contribution in [0.1, 0.15) is 5.56 Å². The van der Waals surface area contributed by atoms with E-state index in [0.717, 1.165) is 5.56 Å². The molecule has 0 spiro atoms. The monoisotopic (exact) mass is 241 g/mol. The summed E-state index contributed by atoms with van der Waals surface area (Å²) in [6.45, 7) is 0.340. The van der Waals surface area contributed by atoms with Crippen LogP contribution in [0.5, 0.6) is 6.01 Å². The van der Waals surface area contributed by atoms with Gasteiger partial charge in [0.2, 0.25) is 0 Å². The molecule has 0 fully saturated rings. The molecule has 3 N–H and O–H groups in total. The number of anilines is 1. The van der Waals surface area contributed by atoms with Crippen LogP contribution in [0.2, 0.25) is 0 Å². The third kappa shape index (κ3) is 1.95. The molecule has 0 aliphatic heterocycles. The van der Waals surface area contributed by atoms with E-state index in [2.05, 4.69) is 19.9 Å². The first-order chi connectivity index (χ1) is 8.83. The first kappa shape index (κ1) is 10.5. The fourth-order valence-corrected chi connectivity index (χ4v) is 1.60. The van der Waals surface area contributed by atoms with Gasteiger partial charge in [-0.05, 0) is 6.07 Å². The van der Waals surface area contributed by atoms with E-state index in [9.17, 15) is 0 Å². The van der Waals surface area contributed by atoms with Crippen molar-refractivity contribution in [2.75, 3.05) is 5.73 Å². The number of aromatic nitrogens is 4. The van der Waals surface area contributed by atoms with Crippen molar-refractivity contribution in [1.29, 1.82) is 0 Å². The lowest BCUT2D eigenvalue weighted by Gasteiger charge is -2.06. The van der Waals surface area contributed by atoms with Crippen LogP contribution >= 0.6 is 0 Å². The summed E-state index contributed by atoms with van der Waals surface area (Å²) in [6, 6.07) is 7.83. The van der Waals surface area contributed by atoms with Crippen LogP contribution in [0.25, 0.3) is 11.2 Å². The highest BCUT2D eigenvalue weighted by atomic mass is 16.5. The van der Waals surface area contributed by atoms with Crippen LogP contribution in [0.3, 0.4) is 0 Å². The zero-order valence-electron chi connectivity index (χ0n) is 9.50. The van der Waals surface area contributed by atoms with Crippen LogP contribution < -0.4 is 10.5 Å². The zero-order valence-corrected chi connectivity index (χ0v) is 9.50. The third-order valence-corrected chi connectivity index (χ3v) is 2.56. The minimum Gasteiger partial charge on any atom is -0.458 e. The second kappa shape index (κ2) is 4.33. The van der Waals surface area contributed by atoms with Crippen molar-refractivity contribution in [1.82, 2.24) is 19.9 Å². The lowest BCUT2D eigenvalue weighted by molar-refractivity contribution is 0.282. The SMILES string of the molecule is Nc1ccccc1COc1ncc2nc[nH]c2n1. The summed E-state index contributed by atoms with van der Waals surface area (Å²) < 4.78 is 5.50. The van der Waals surface area contributed by atoms with Crippen molar-refractivity contribution >= 4 is 16.9 Å². The molecule has 90 valence electrons. The number of fused-ring (bicyclic) bond motifs is 1. The Labute approximate surface area is 103 Å². The van der Waals surface area contributed by atoms with Gasteiger partial charge in [-0.3, -0.25) is 0 Å². The predicted molar refractivity (Wildman–Crippen MR) is 66.9 cm³/mol. The summed E-state index contributed by atoms with van der Waals surface area (Å²) in [5.74, 6) is 0. The molecule has 1 aromatic carbocycles. The van der Waals surface area contributed by atoms with E-state index in [1.165, 1.54) is 0 Å². The maximum atomic E-state index is 5.82. The fraction of sp³-hybridized carbons (Fsp3) is 0.0833. The molecule has 2 heterocycles. The summed E-state index contributed by atoms with van der Waals surface area (Å²) in [5.41, 5.74) is 8.79. The minimum atomic E-state index is 0.301. The number of para-hydroxylation sites is 1. The fourth-order valence-electron chi connectivity index (χ4n) is 1.60. The van der Waals surface area contributed by atoms with Crippen LogP contribution in [0, 0.1) is 0 Å². The Kier molecular flexibility index (Phi) is 2.53. The standard InChI is InChI=1S/C12H11N5O/c13-9-4-2-1-3-8(9)6-18-12-14-5-10-11(17-12)16-7-15-10/h1-5,7H,6,13H2,(H,14,15,16,17). The number of hydrogen-bond acceptors (Lipinski definition) is 5. The highest BCUT2D eigenvalue weighted by molar-refractivity contribution is 5.68. The average Bonchev–Trinajstić information content (AvgIpc) is 2.85. The maximum Gasteiger partial charge on any atom is 0.318 e. The number of aromatic amines is 1. The second-order valence-electron chi connectivity index (χ2n) is 3.78. The van der Waals surface area contributed by atoms with Gasteiger partial charge in [0.1, 0.15) is 12.1 Å². The van der Waals surface area contributed by atoms with E-state index in [-0.39, 0.29) is 0 Å². The number of nitrogens with two attached hydrogens (primary N) is 1. The van der Waals surface area contributed by atoms with Crippen molar-refractivity contribution in [2.45, 2.75) is 6.61 Å². The van der Waals surface area contributed by atoms with E-state index < -0.39 is 0 Å². The first-order valence-electron chi connectivity index (χ1n) is 5.45. The molecule has 0 atom stereocenters. The molecule has 3 aromatic rings. The summed E-state index contributed by atoms with van der Waals surface area (Å²) in [4.78, 5) is 15.2. The molecule has 3 rings (SSSR count). The Morgan fingerprint density at radius 2 is 2.11 bits per heavy atom. The van der Waals surface area contributed by atoms with Crippen molar-refractivity contribution < 1.29 is 4.74 Å². The highest BCUT2D eigenvalue weighted by Crippen LogP contribution is 2.14. The van der Waals surface area contributed by atoms with Gasteiger partial charge in [0, 0.05) is 11.3 Å². The molecule has 6 heteroatoms. The van der Waals surface area contributed by atoms with Gasteiger partial charge in [0.05, 0.1) is 12.5 Å². The lowest BCUT2D eigenvalue weighted by atomic mass is 10.2. The Balaban J connectivity index is 1.78. The molecule has 0 amide bonds. The Morgan fingerprint density at radius 3 is 3.00 bits per heavy atom. The lowest BCUT2D eigenvalue weighted by Crippen LogP contribution is -2.02. The number of rotatable bonds is 3. The molecule has 0 saturated heterocycles. The van der Waals surface area contributed by atoms with Gasteiger partial charge in [-0.15, -0.1) is 0 Å². The number of hydrogen-bond donors (Lipinski definition) is 2. The van der Waals surface area contributed by atoms with Crippen LogP contribution in [-0.4, -0.2) is 19.9 Å².